The number of carbonyl (C=O) groups excluding carboxylic acids is 2. The molecule has 0 unspecified atom stereocenters. The van der Waals surface area contributed by atoms with E-state index in [0.29, 0.717) is 31.9 Å². The molecule has 0 saturated carbocycles. The fourth-order valence-corrected chi connectivity index (χ4v) is 3.97. The lowest BCUT2D eigenvalue weighted by Gasteiger charge is -2.35. The minimum Gasteiger partial charge on any atom is -0.459 e. The first kappa shape index (κ1) is 19.8. The Morgan fingerprint density at radius 3 is 2.44 bits per heavy atom. The third-order valence-electron chi connectivity index (χ3n) is 5.66. The van der Waals surface area contributed by atoms with E-state index in [1.807, 2.05) is 59.5 Å². The van der Waals surface area contributed by atoms with E-state index < -0.39 is 0 Å². The van der Waals surface area contributed by atoms with Gasteiger partial charge in [-0.15, -0.1) is 0 Å². The maximum Gasteiger partial charge on any atom is 0.291 e. The molecule has 7 nitrogen and oxygen atoms in total. The molecule has 0 bridgehead atoms. The molecule has 2 aromatic carbocycles. The van der Waals surface area contributed by atoms with Crippen LogP contribution in [0.2, 0.25) is 0 Å². The van der Waals surface area contributed by atoms with Crippen molar-refractivity contribution in [3.8, 4) is 0 Å². The maximum atomic E-state index is 13.1. The van der Waals surface area contributed by atoms with Crippen molar-refractivity contribution < 1.29 is 14.0 Å². The zero-order chi connectivity index (χ0) is 21.9. The van der Waals surface area contributed by atoms with Gasteiger partial charge in [0.1, 0.15) is 5.82 Å². The van der Waals surface area contributed by atoms with Crippen LogP contribution in [0.25, 0.3) is 10.8 Å². The van der Waals surface area contributed by atoms with E-state index in [0.717, 1.165) is 22.2 Å². The standard InChI is InChI=1S/C25H22N4O3/c30-24(22-9-4-16-32-22)27-19-10-11-23(26-17-19)28-12-14-29(15-13-28)25(31)21-8-3-6-18-5-1-2-7-20(18)21/h1-11,16-17H,12-15H2,(H,27,30). The largest absolute Gasteiger partial charge is 0.459 e. The number of hydrogen-bond acceptors (Lipinski definition) is 5. The van der Waals surface area contributed by atoms with Crippen LogP contribution in [0.3, 0.4) is 0 Å². The summed E-state index contributed by atoms with van der Waals surface area (Å²) in [6, 6.07) is 20.8. The third kappa shape index (κ3) is 3.92. The minimum atomic E-state index is -0.315. The van der Waals surface area contributed by atoms with Gasteiger partial charge in [0, 0.05) is 31.7 Å². The third-order valence-corrected chi connectivity index (χ3v) is 5.66. The van der Waals surface area contributed by atoms with Crippen LogP contribution in [0.5, 0.6) is 0 Å². The van der Waals surface area contributed by atoms with Crippen LogP contribution < -0.4 is 10.2 Å². The molecule has 4 aromatic rings. The molecule has 5 rings (SSSR count). The first-order valence-electron chi connectivity index (χ1n) is 10.5. The highest BCUT2D eigenvalue weighted by atomic mass is 16.3. The van der Waals surface area contributed by atoms with E-state index in [-0.39, 0.29) is 17.6 Å². The fraction of sp³-hybridized carbons (Fsp3) is 0.160. The summed E-state index contributed by atoms with van der Waals surface area (Å²) in [6.07, 6.45) is 3.09. The molecule has 1 aliphatic heterocycles. The Morgan fingerprint density at radius 1 is 0.875 bits per heavy atom. The monoisotopic (exact) mass is 426 g/mol. The maximum absolute atomic E-state index is 13.1. The topological polar surface area (TPSA) is 78.7 Å². The number of amides is 2. The van der Waals surface area contributed by atoms with Gasteiger partial charge in [0.25, 0.3) is 11.8 Å². The molecular formula is C25H22N4O3. The fourth-order valence-electron chi connectivity index (χ4n) is 3.97. The van der Waals surface area contributed by atoms with E-state index >= 15 is 0 Å². The smallest absolute Gasteiger partial charge is 0.291 e. The van der Waals surface area contributed by atoms with Crippen molar-refractivity contribution in [2.24, 2.45) is 0 Å². The van der Waals surface area contributed by atoms with Gasteiger partial charge in [0.15, 0.2) is 5.76 Å². The number of anilines is 2. The van der Waals surface area contributed by atoms with Crippen molar-refractivity contribution in [1.82, 2.24) is 9.88 Å². The summed E-state index contributed by atoms with van der Waals surface area (Å²) >= 11 is 0. The normalized spacial score (nSPS) is 13.9. The Bertz CT molecular complexity index is 1240. The molecule has 1 aliphatic rings. The summed E-state index contributed by atoms with van der Waals surface area (Å²) in [4.78, 5) is 33.8. The van der Waals surface area contributed by atoms with Gasteiger partial charge in [-0.1, -0.05) is 36.4 Å². The molecule has 1 N–H and O–H groups in total. The van der Waals surface area contributed by atoms with Gasteiger partial charge < -0.3 is 19.5 Å². The van der Waals surface area contributed by atoms with Crippen LogP contribution in [-0.4, -0.2) is 47.9 Å². The van der Waals surface area contributed by atoms with Gasteiger partial charge in [-0.2, -0.15) is 0 Å². The van der Waals surface area contributed by atoms with E-state index in [1.165, 1.54) is 6.26 Å². The van der Waals surface area contributed by atoms with E-state index in [1.54, 1.807) is 18.3 Å². The van der Waals surface area contributed by atoms with Crippen molar-refractivity contribution in [3.05, 3.63) is 90.5 Å². The number of rotatable bonds is 4. The van der Waals surface area contributed by atoms with Gasteiger partial charge in [0.2, 0.25) is 0 Å². The molecule has 3 heterocycles. The van der Waals surface area contributed by atoms with E-state index in [9.17, 15) is 9.59 Å². The summed E-state index contributed by atoms with van der Waals surface area (Å²) < 4.78 is 5.10. The molecule has 1 fully saturated rings. The van der Waals surface area contributed by atoms with Gasteiger partial charge in [-0.3, -0.25) is 9.59 Å². The number of carbonyl (C=O) groups is 2. The number of aromatic nitrogens is 1. The molecule has 1 saturated heterocycles. The predicted molar refractivity (Wildman–Crippen MR) is 123 cm³/mol. The van der Waals surface area contributed by atoms with Crippen molar-refractivity contribution >= 4 is 34.1 Å². The predicted octanol–water partition coefficient (Wildman–Crippen LogP) is 4.04. The molecular weight excluding hydrogens is 404 g/mol. The lowest BCUT2D eigenvalue weighted by Crippen LogP contribution is -2.49. The Hall–Kier alpha value is -4.13. The Balaban J connectivity index is 1.22. The highest BCUT2D eigenvalue weighted by Crippen LogP contribution is 2.22. The number of furan rings is 1. The van der Waals surface area contributed by atoms with Gasteiger partial charge >= 0.3 is 0 Å². The van der Waals surface area contributed by atoms with Crippen LogP contribution in [0.15, 0.2) is 83.6 Å². The molecule has 32 heavy (non-hydrogen) atoms. The first-order chi connectivity index (χ1) is 15.7. The number of fused-ring (bicyclic) bond motifs is 1. The van der Waals surface area contributed by atoms with Gasteiger partial charge in [-0.25, -0.2) is 4.98 Å². The average Bonchev–Trinajstić information content (AvgIpc) is 3.39. The summed E-state index contributed by atoms with van der Waals surface area (Å²) in [5, 5.41) is 4.82. The van der Waals surface area contributed by atoms with E-state index in [4.69, 9.17) is 4.42 Å². The number of piperazine rings is 1. The number of nitrogens with zero attached hydrogens (tertiary/aromatic N) is 3. The molecule has 0 spiro atoms. The molecule has 2 aromatic heterocycles. The highest BCUT2D eigenvalue weighted by Gasteiger charge is 2.24. The average molecular weight is 426 g/mol. The van der Waals surface area contributed by atoms with Crippen LogP contribution in [-0.2, 0) is 0 Å². The van der Waals surface area contributed by atoms with Crippen LogP contribution >= 0.6 is 0 Å². The molecule has 0 aliphatic carbocycles. The number of hydrogen-bond donors (Lipinski definition) is 1. The van der Waals surface area contributed by atoms with Crippen LogP contribution in [0.1, 0.15) is 20.9 Å². The van der Waals surface area contributed by atoms with Crippen LogP contribution in [0, 0.1) is 0 Å². The Labute approximate surface area is 185 Å². The SMILES string of the molecule is O=C(Nc1ccc(N2CCN(C(=O)c3cccc4ccccc34)CC2)nc1)c1ccco1. The van der Waals surface area contributed by atoms with Crippen molar-refractivity contribution in [2.75, 3.05) is 36.4 Å². The van der Waals surface area contributed by atoms with Gasteiger partial charge in [-0.05, 0) is 41.1 Å². The molecule has 0 atom stereocenters. The zero-order valence-corrected chi connectivity index (χ0v) is 17.4. The van der Waals surface area contributed by atoms with Crippen LogP contribution in [0.4, 0.5) is 11.5 Å². The lowest BCUT2D eigenvalue weighted by molar-refractivity contribution is 0.0748. The Morgan fingerprint density at radius 2 is 1.69 bits per heavy atom. The number of nitrogens with one attached hydrogen (secondary N) is 1. The molecule has 160 valence electrons. The second-order valence-corrected chi connectivity index (χ2v) is 7.64. The quantitative estimate of drug-likeness (QED) is 0.533. The number of benzene rings is 2. The second-order valence-electron chi connectivity index (χ2n) is 7.64. The molecule has 2 amide bonds. The second kappa shape index (κ2) is 8.55. The summed E-state index contributed by atoms with van der Waals surface area (Å²) in [6.45, 7) is 2.64. The highest BCUT2D eigenvalue weighted by molar-refractivity contribution is 6.07. The molecule has 7 heteroatoms. The lowest BCUT2D eigenvalue weighted by atomic mass is 10.0. The zero-order valence-electron chi connectivity index (χ0n) is 17.4. The summed E-state index contributed by atoms with van der Waals surface area (Å²) in [7, 11) is 0. The molecule has 0 radical (unpaired) electrons. The Kier molecular flexibility index (Phi) is 5.29. The van der Waals surface area contributed by atoms with Gasteiger partial charge in [0.05, 0.1) is 18.1 Å². The van der Waals surface area contributed by atoms with E-state index in [2.05, 4.69) is 15.2 Å². The summed E-state index contributed by atoms with van der Waals surface area (Å²) in [5.74, 6) is 0.815. The van der Waals surface area contributed by atoms with Crippen molar-refractivity contribution in [2.45, 2.75) is 0 Å². The van der Waals surface area contributed by atoms with Crippen molar-refractivity contribution in [3.63, 3.8) is 0 Å². The number of pyridine rings is 1. The summed E-state index contributed by atoms with van der Waals surface area (Å²) in [5.41, 5.74) is 1.34. The van der Waals surface area contributed by atoms with Crippen molar-refractivity contribution in [1.29, 1.82) is 0 Å². The first-order valence-corrected chi connectivity index (χ1v) is 10.5. The minimum absolute atomic E-state index is 0.0606.